The van der Waals surface area contributed by atoms with Crippen molar-refractivity contribution in [1.29, 1.82) is 0 Å². The van der Waals surface area contributed by atoms with Gasteiger partial charge in [0.1, 0.15) is 5.60 Å². The number of hydrogen-bond donors (Lipinski definition) is 2. The van der Waals surface area contributed by atoms with E-state index >= 15 is 0 Å². The molecule has 0 bridgehead atoms. The van der Waals surface area contributed by atoms with Gasteiger partial charge in [-0.05, 0) is 32.4 Å². The Kier molecular flexibility index (Phi) is 4.87. The van der Waals surface area contributed by atoms with Crippen LogP contribution in [0.5, 0.6) is 0 Å². The molecule has 0 aliphatic carbocycles. The second-order valence-electron chi connectivity index (χ2n) is 4.93. The Hall–Kier alpha value is -1.39. The van der Waals surface area contributed by atoms with Crippen molar-refractivity contribution in [2.75, 3.05) is 20.3 Å². The number of carbonyl (C=O) groups is 1. The van der Waals surface area contributed by atoms with Crippen molar-refractivity contribution in [2.24, 2.45) is 0 Å². The van der Waals surface area contributed by atoms with Crippen LogP contribution in [0.2, 0.25) is 0 Å². The highest BCUT2D eigenvalue weighted by Gasteiger charge is 2.21. The lowest BCUT2D eigenvalue weighted by Crippen LogP contribution is -2.43. The first-order chi connectivity index (χ1) is 8.35. The maximum atomic E-state index is 12.0. The smallest absolute Gasteiger partial charge is 0.251 e. The van der Waals surface area contributed by atoms with Gasteiger partial charge in [-0.3, -0.25) is 4.79 Å². The van der Waals surface area contributed by atoms with Crippen LogP contribution in [-0.2, 0) is 4.74 Å². The van der Waals surface area contributed by atoms with Crippen LogP contribution in [0.15, 0.2) is 18.2 Å². The minimum atomic E-state index is -1.05. The summed E-state index contributed by atoms with van der Waals surface area (Å²) in [7, 11) is 1.51. The molecule has 4 heteroatoms. The van der Waals surface area contributed by atoms with Crippen molar-refractivity contribution >= 4 is 5.91 Å². The summed E-state index contributed by atoms with van der Waals surface area (Å²) in [6, 6.07) is 5.66. The van der Waals surface area contributed by atoms with Gasteiger partial charge >= 0.3 is 0 Å². The van der Waals surface area contributed by atoms with Crippen molar-refractivity contribution in [3.63, 3.8) is 0 Å². The normalized spacial score (nSPS) is 14.1. The lowest BCUT2D eigenvalue weighted by Gasteiger charge is -2.22. The molecular formula is C14H21NO3. The molecule has 0 saturated heterocycles. The number of methoxy groups -OCH3 is 1. The number of aliphatic hydroxyl groups is 1. The summed E-state index contributed by atoms with van der Waals surface area (Å²) in [5.41, 5.74) is 1.63. The SMILES string of the molecule is COCC(C)(O)CNC(=O)c1ccc(C)cc1C. The Morgan fingerprint density at radius 1 is 1.44 bits per heavy atom. The maximum Gasteiger partial charge on any atom is 0.251 e. The first-order valence-corrected chi connectivity index (χ1v) is 5.92. The number of aryl methyl sites for hydroxylation is 2. The molecule has 1 rings (SSSR count). The van der Waals surface area contributed by atoms with Gasteiger partial charge in [-0.1, -0.05) is 17.7 Å². The van der Waals surface area contributed by atoms with Crippen molar-refractivity contribution in [1.82, 2.24) is 5.32 Å². The molecule has 1 aromatic rings. The van der Waals surface area contributed by atoms with Gasteiger partial charge < -0.3 is 15.2 Å². The van der Waals surface area contributed by atoms with Gasteiger partial charge in [-0.25, -0.2) is 0 Å². The zero-order chi connectivity index (χ0) is 13.8. The first-order valence-electron chi connectivity index (χ1n) is 5.92. The van der Waals surface area contributed by atoms with E-state index in [4.69, 9.17) is 4.74 Å². The quantitative estimate of drug-likeness (QED) is 0.832. The average Bonchev–Trinajstić information content (AvgIpc) is 2.26. The molecule has 0 spiro atoms. The molecule has 100 valence electrons. The molecule has 0 aliphatic rings. The third kappa shape index (κ3) is 4.13. The molecule has 0 aromatic heterocycles. The van der Waals surface area contributed by atoms with E-state index in [0.717, 1.165) is 11.1 Å². The fourth-order valence-corrected chi connectivity index (χ4v) is 1.80. The van der Waals surface area contributed by atoms with Crippen LogP contribution in [0.4, 0.5) is 0 Å². The fourth-order valence-electron chi connectivity index (χ4n) is 1.80. The second-order valence-corrected chi connectivity index (χ2v) is 4.93. The molecule has 1 unspecified atom stereocenters. The lowest BCUT2D eigenvalue weighted by atomic mass is 10.0. The Morgan fingerprint density at radius 2 is 2.11 bits per heavy atom. The van der Waals surface area contributed by atoms with Crippen LogP contribution in [0.25, 0.3) is 0 Å². The van der Waals surface area contributed by atoms with Gasteiger partial charge in [-0.2, -0.15) is 0 Å². The summed E-state index contributed by atoms with van der Waals surface area (Å²) >= 11 is 0. The highest BCUT2D eigenvalue weighted by atomic mass is 16.5. The summed E-state index contributed by atoms with van der Waals surface area (Å²) in [4.78, 5) is 12.0. The van der Waals surface area contributed by atoms with E-state index in [0.29, 0.717) is 5.56 Å². The van der Waals surface area contributed by atoms with Crippen LogP contribution in [0.3, 0.4) is 0 Å². The summed E-state index contributed by atoms with van der Waals surface area (Å²) < 4.78 is 4.88. The topological polar surface area (TPSA) is 58.6 Å². The van der Waals surface area contributed by atoms with Crippen LogP contribution in [0.1, 0.15) is 28.4 Å². The predicted octanol–water partition coefficient (Wildman–Crippen LogP) is 1.43. The number of rotatable bonds is 5. The molecule has 18 heavy (non-hydrogen) atoms. The maximum absolute atomic E-state index is 12.0. The Balaban J connectivity index is 2.66. The van der Waals surface area contributed by atoms with E-state index in [1.165, 1.54) is 7.11 Å². The van der Waals surface area contributed by atoms with E-state index in [2.05, 4.69) is 5.32 Å². The fraction of sp³-hybridized carbons (Fsp3) is 0.500. The van der Waals surface area contributed by atoms with Gasteiger partial charge in [0.25, 0.3) is 5.91 Å². The zero-order valence-electron chi connectivity index (χ0n) is 11.4. The van der Waals surface area contributed by atoms with Crippen LogP contribution < -0.4 is 5.32 Å². The molecule has 1 amide bonds. The highest BCUT2D eigenvalue weighted by molar-refractivity contribution is 5.95. The number of carbonyl (C=O) groups excluding carboxylic acids is 1. The van der Waals surface area contributed by atoms with Gasteiger partial charge in [0, 0.05) is 19.2 Å². The number of ether oxygens (including phenoxy) is 1. The average molecular weight is 251 g/mol. The van der Waals surface area contributed by atoms with Gasteiger partial charge in [0.05, 0.1) is 6.61 Å². The number of hydrogen-bond acceptors (Lipinski definition) is 3. The zero-order valence-corrected chi connectivity index (χ0v) is 11.4. The van der Waals surface area contributed by atoms with E-state index < -0.39 is 5.60 Å². The largest absolute Gasteiger partial charge is 0.386 e. The van der Waals surface area contributed by atoms with E-state index in [9.17, 15) is 9.90 Å². The Bertz CT molecular complexity index is 427. The molecule has 0 radical (unpaired) electrons. The summed E-state index contributed by atoms with van der Waals surface area (Å²) in [6.45, 7) is 5.85. The van der Waals surface area contributed by atoms with Gasteiger partial charge in [0.2, 0.25) is 0 Å². The second kappa shape index (κ2) is 5.98. The van der Waals surface area contributed by atoms with E-state index in [-0.39, 0.29) is 19.1 Å². The van der Waals surface area contributed by atoms with E-state index in [1.54, 1.807) is 13.0 Å². The van der Waals surface area contributed by atoms with Crippen molar-refractivity contribution in [2.45, 2.75) is 26.4 Å². The van der Waals surface area contributed by atoms with E-state index in [1.807, 2.05) is 26.0 Å². The van der Waals surface area contributed by atoms with Gasteiger partial charge in [0.15, 0.2) is 0 Å². The van der Waals surface area contributed by atoms with Crippen LogP contribution in [-0.4, -0.2) is 36.9 Å². The summed E-state index contributed by atoms with van der Waals surface area (Å²) in [5, 5.41) is 12.6. The predicted molar refractivity (Wildman–Crippen MR) is 70.7 cm³/mol. The van der Waals surface area contributed by atoms with Crippen LogP contribution >= 0.6 is 0 Å². The molecule has 2 N–H and O–H groups in total. The summed E-state index contributed by atoms with van der Waals surface area (Å²) in [5.74, 6) is -0.177. The number of nitrogens with one attached hydrogen (secondary N) is 1. The van der Waals surface area contributed by atoms with Crippen molar-refractivity contribution in [3.8, 4) is 0 Å². The monoisotopic (exact) mass is 251 g/mol. The Morgan fingerprint density at radius 3 is 2.67 bits per heavy atom. The summed E-state index contributed by atoms with van der Waals surface area (Å²) in [6.07, 6.45) is 0. The van der Waals surface area contributed by atoms with Gasteiger partial charge in [-0.15, -0.1) is 0 Å². The van der Waals surface area contributed by atoms with Crippen molar-refractivity contribution < 1.29 is 14.6 Å². The highest BCUT2D eigenvalue weighted by Crippen LogP contribution is 2.11. The molecular weight excluding hydrogens is 230 g/mol. The molecule has 0 fully saturated rings. The van der Waals surface area contributed by atoms with Crippen LogP contribution in [0, 0.1) is 13.8 Å². The number of benzene rings is 1. The molecule has 4 nitrogen and oxygen atoms in total. The first kappa shape index (κ1) is 14.7. The Labute approximate surface area is 108 Å². The molecule has 0 saturated carbocycles. The molecule has 0 aliphatic heterocycles. The lowest BCUT2D eigenvalue weighted by molar-refractivity contribution is -0.0147. The molecule has 0 heterocycles. The van der Waals surface area contributed by atoms with Crippen molar-refractivity contribution in [3.05, 3.63) is 34.9 Å². The number of amides is 1. The minimum Gasteiger partial charge on any atom is -0.386 e. The minimum absolute atomic E-state index is 0.160. The third-order valence-corrected chi connectivity index (χ3v) is 2.71. The molecule has 1 atom stereocenters. The third-order valence-electron chi connectivity index (χ3n) is 2.71. The molecule has 1 aromatic carbocycles. The standard InChI is InChI=1S/C14H21NO3/c1-10-5-6-12(11(2)7-10)13(16)15-8-14(3,17)9-18-4/h5-7,17H,8-9H2,1-4H3,(H,15,16).